The molecule has 0 radical (unpaired) electrons. The molecule has 2 aromatic heterocycles. The molecule has 2 aromatic rings. The summed E-state index contributed by atoms with van der Waals surface area (Å²) in [6.07, 6.45) is 7.04. The van der Waals surface area contributed by atoms with E-state index >= 15 is 0 Å². The van der Waals surface area contributed by atoms with Crippen molar-refractivity contribution in [3.8, 4) is 0 Å². The molecule has 0 atom stereocenters. The summed E-state index contributed by atoms with van der Waals surface area (Å²) in [5, 5.41) is 3.94. The lowest BCUT2D eigenvalue weighted by Gasteiger charge is -2.36. The van der Waals surface area contributed by atoms with E-state index in [2.05, 4.69) is 30.1 Å². The quantitative estimate of drug-likeness (QED) is 0.841. The first kappa shape index (κ1) is 13.7. The van der Waals surface area contributed by atoms with E-state index in [1.807, 2.05) is 18.2 Å². The van der Waals surface area contributed by atoms with Gasteiger partial charge in [0.1, 0.15) is 0 Å². The number of pyridine rings is 1. The smallest absolute Gasteiger partial charge is 0.225 e. The van der Waals surface area contributed by atoms with Gasteiger partial charge in [-0.25, -0.2) is 9.97 Å². The summed E-state index contributed by atoms with van der Waals surface area (Å²) >= 11 is 5.45. The summed E-state index contributed by atoms with van der Waals surface area (Å²) in [6, 6.07) is 5.66. The fourth-order valence-corrected chi connectivity index (χ4v) is 2.50. The molecular formula is C14H16N6S. The lowest BCUT2D eigenvalue weighted by molar-refractivity contribution is 0.388. The molecule has 108 valence electrons. The molecule has 0 amide bonds. The summed E-state index contributed by atoms with van der Waals surface area (Å²) in [7, 11) is 0. The second-order valence-electron chi connectivity index (χ2n) is 4.69. The highest BCUT2D eigenvalue weighted by Crippen LogP contribution is 2.11. The van der Waals surface area contributed by atoms with Crippen LogP contribution in [0, 0.1) is 0 Å². The van der Waals surface area contributed by atoms with Crippen LogP contribution in [0.15, 0.2) is 43.0 Å². The van der Waals surface area contributed by atoms with E-state index in [-0.39, 0.29) is 0 Å². The van der Waals surface area contributed by atoms with Crippen LogP contribution in [-0.2, 0) is 0 Å². The van der Waals surface area contributed by atoms with Gasteiger partial charge in [0.2, 0.25) is 5.95 Å². The lowest BCUT2D eigenvalue weighted by atomic mass is 10.3. The molecule has 1 aliphatic heterocycles. The molecule has 1 saturated heterocycles. The van der Waals surface area contributed by atoms with Gasteiger partial charge < -0.3 is 15.1 Å². The highest BCUT2D eigenvalue weighted by molar-refractivity contribution is 7.80. The van der Waals surface area contributed by atoms with Crippen LogP contribution in [0.3, 0.4) is 0 Å². The van der Waals surface area contributed by atoms with Crippen LogP contribution in [0.1, 0.15) is 0 Å². The Kier molecular flexibility index (Phi) is 4.20. The zero-order chi connectivity index (χ0) is 14.5. The predicted octanol–water partition coefficient (Wildman–Crippen LogP) is 1.39. The van der Waals surface area contributed by atoms with E-state index in [1.165, 1.54) is 0 Å². The molecule has 0 saturated carbocycles. The number of nitrogens with zero attached hydrogens (tertiary/aromatic N) is 5. The van der Waals surface area contributed by atoms with Crippen molar-refractivity contribution in [1.29, 1.82) is 0 Å². The second kappa shape index (κ2) is 6.45. The summed E-state index contributed by atoms with van der Waals surface area (Å²) < 4.78 is 0. The SMILES string of the molecule is S=C(Nc1cccnc1)N1CCN(c2ncccn2)CC1. The van der Waals surface area contributed by atoms with Crippen LogP contribution in [0.5, 0.6) is 0 Å². The number of hydrogen-bond acceptors (Lipinski definition) is 5. The minimum absolute atomic E-state index is 0.733. The fourth-order valence-electron chi connectivity index (χ4n) is 2.20. The van der Waals surface area contributed by atoms with Gasteiger partial charge in [0.15, 0.2) is 5.11 Å². The lowest BCUT2D eigenvalue weighted by Crippen LogP contribution is -2.50. The predicted molar refractivity (Wildman–Crippen MR) is 86.3 cm³/mol. The summed E-state index contributed by atoms with van der Waals surface area (Å²) in [4.78, 5) is 17.0. The third kappa shape index (κ3) is 3.43. The first-order valence-corrected chi connectivity index (χ1v) is 7.22. The molecule has 0 bridgehead atoms. The molecule has 6 nitrogen and oxygen atoms in total. The van der Waals surface area contributed by atoms with Crippen LogP contribution >= 0.6 is 12.2 Å². The van der Waals surface area contributed by atoms with Crippen LogP contribution in [0.25, 0.3) is 0 Å². The highest BCUT2D eigenvalue weighted by Gasteiger charge is 2.20. The second-order valence-corrected chi connectivity index (χ2v) is 5.08. The highest BCUT2D eigenvalue weighted by atomic mass is 32.1. The van der Waals surface area contributed by atoms with E-state index in [9.17, 15) is 0 Å². The maximum atomic E-state index is 5.45. The molecule has 0 aliphatic carbocycles. The van der Waals surface area contributed by atoms with Crippen LogP contribution in [0.4, 0.5) is 11.6 Å². The number of nitrogens with one attached hydrogen (secondary N) is 1. The largest absolute Gasteiger partial charge is 0.345 e. The number of aromatic nitrogens is 3. The van der Waals surface area contributed by atoms with Gasteiger partial charge in [0.05, 0.1) is 11.9 Å². The van der Waals surface area contributed by atoms with Gasteiger partial charge in [0.25, 0.3) is 0 Å². The number of hydrogen-bond donors (Lipinski definition) is 1. The zero-order valence-corrected chi connectivity index (χ0v) is 12.3. The Morgan fingerprint density at radius 2 is 1.81 bits per heavy atom. The van der Waals surface area contributed by atoms with E-state index in [0.717, 1.165) is 42.9 Å². The Labute approximate surface area is 128 Å². The Bertz CT molecular complexity index is 583. The fraction of sp³-hybridized carbons (Fsp3) is 0.286. The zero-order valence-electron chi connectivity index (χ0n) is 11.5. The van der Waals surface area contributed by atoms with Gasteiger partial charge >= 0.3 is 0 Å². The van der Waals surface area contributed by atoms with Crippen molar-refractivity contribution in [2.75, 3.05) is 36.4 Å². The van der Waals surface area contributed by atoms with Crippen molar-refractivity contribution in [2.24, 2.45) is 0 Å². The van der Waals surface area contributed by atoms with E-state index < -0.39 is 0 Å². The molecule has 3 rings (SSSR count). The van der Waals surface area contributed by atoms with Crippen molar-refractivity contribution < 1.29 is 0 Å². The normalized spacial score (nSPS) is 14.9. The van der Waals surface area contributed by atoms with Gasteiger partial charge in [-0.15, -0.1) is 0 Å². The van der Waals surface area contributed by atoms with Crippen molar-refractivity contribution >= 4 is 29.0 Å². The van der Waals surface area contributed by atoms with Crippen LogP contribution in [-0.4, -0.2) is 51.1 Å². The number of piperazine rings is 1. The molecule has 3 heterocycles. The average molecular weight is 300 g/mol. The van der Waals surface area contributed by atoms with Crippen molar-refractivity contribution in [2.45, 2.75) is 0 Å². The molecule has 1 fully saturated rings. The molecule has 21 heavy (non-hydrogen) atoms. The number of thiocarbonyl (C=S) groups is 1. The molecule has 1 N–H and O–H groups in total. The molecular weight excluding hydrogens is 284 g/mol. The Hall–Kier alpha value is -2.28. The monoisotopic (exact) mass is 300 g/mol. The van der Waals surface area contributed by atoms with Crippen molar-refractivity contribution in [3.05, 3.63) is 43.0 Å². The summed E-state index contributed by atoms with van der Waals surface area (Å²) in [5.74, 6) is 0.781. The summed E-state index contributed by atoms with van der Waals surface area (Å²) in [6.45, 7) is 3.42. The first-order chi connectivity index (χ1) is 10.3. The van der Waals surface area contributed by atoms with E-state index in [4.69, 9.17) is 12.2 Å². The van der Waals surface area contributed by atoms with Gasteiger partial charge in [-0.1, -0.05) is 0 Å². The maximum Gasteiger partial charge on any atom is 0.225 e. The number of anilines is 2. The topological polar surface area (TPSA) is 57.2 Å². The molecule has 0 unspecified atom stereocenters. The van der Waals surface area contributed by atoms with Crippen molar-refractivity contribution in [3.63, 3.8) is 0 Å². The number of rotatable bonds is 2. The third-order valence-corrected chi connectivity index (χ3v) is 3.67. The van der Waals surface area contributed by atoms with Crippen molar-refractivity contribution in [1.82, 2.24) is 19.9 Å². The average Bonchev–Trinajstić information content (AvgIpc) is 2.57. The van der Waals surface area contributed by atoms with Gasteiger partial charge in [0, 0.05) is 44.8 Å². The van der Waals surface area contributed by atoms with Gasteiger partial charge in [-0.3, -0.25) is 4.98 Å². The van der Waals surface area contributed by atoms with E-state index in [0.29, 0.717) is 0 Å². The Balaban J connectivity index is 1.55. The molecule has 1 aliphatic rings. The van der Waals surface area contributed by atoms with Crippen LogP contribution in [0.2, 0.25) is 0 Å². The van der Waals surface area contributed by atoms with E-state index in [1.54, 1.807) is 24.8 Å². The molecule has 0 aromatic carbocycles. The maximum absolute atomic E-state index is 5.45. The van der Waals surface area contributed by atoms with Crippen LogP contribution < -0.4 is 10.2 Å². The Morgan fingerprint density at radius 1 is 1.05 bits per heavy atom. The molecule has 0 spiro atoms. The minimum atomic E-state index is 0.733. The standard InChI is InChI=1S/C14H16N6S/c21-14(18-12-3-1-4-15-11-12)20-9-7-19(8-10-20)13-16-5-2-6-17-13/h1-6,11H,7-10H2,(H,18,21). The summed E-state index contributed by atoms with van der Waals surface area (Å²) in [5.41, 5.74) is 0.913. The molecule has 7 heteroatoms. The first-order valence-electron chi connectivity index (χ1n) is 6.81. The third-order valence-electron chi connectivity index (χ3n) is 3.31. The Morgan fingerprint density at radius 3 is 2.48 bits per heavy atom. The minimum Gasteiger partial charge on any atom is -0.345 e. The van der Waals surface area contributed by atoms with Gasteiger partial charge in [-0.05, 0) is 30.4 Å². The van der Waals surface area contributed by atoms with Gasteiger partial charge in [-0.2, -0.15) is 0 Å².